The highest BCUT2D eigenvalue weighted by atomic mass is 16.5. The Balaban J connectivity index is 1.90. The van der Waals surface area contributed by atoms with Crippen molar-refractivity contribution in [1.29, 1.82) is 0 Å². The quantitative estimate of drug-likeness (QED) is 0.596. The van der Waals surface area contributed by atoms with E-state index in [1.54, 1.807) is 0 Å². The van der Waals surface area contributed by atoms with E-state index in [4.69, 9.17) is 4.74 Å². The van der Waals surface area contributed by atoms with Crippen molar-refractivity contribution in [3.05, 3.63) is 0 Å². The first kappa shape index (κ1) is 8.45. The van der Waals surface area contributed by atoms with E-state index in [0.717, 1.165) is 19.3 Å². The minimum absolute atomic E-state index is 0.0303. The normalized spacial score (nSPS) is 54.1. The summed E-state index contributed by atoms with van der Waals surface area (Å²) in [7, 11) is 0. The van der Waals surface area contributed by atoms with Gasteiger partial charge in [-0.15, -0.1) is 0 Å². The summed E-state index contributed by atoms with van der Waals surface area (Å²) in [5.74, 6) is 0.883. The third kappa shape index (κ3) is 0.645. The fourth-order valence-electron chi connectivity index (χ4n) is 4.38. The van der Waals surface area contributed by atoms with Crippen molar-refractivity contribution in [3.63, 3.8) is 0 Å². The van der Waals surface area contributed by atoms with Crippen molar-refractivity contribution in [2.45, 2.75) is 44.3 Å². The van der Waals surface area contributed by atoms with Crippen LogP contribution in [0.15, 0.2) is 0 Å². The number of ether oxygens (including phenoxy) is 1. The standard InChI is InChI=1S/C12H14O3/c1-11-8-6(2-3-7(8)13)9(15-11)10(14)12(11)4-5-12/h6,8-9H,2-5H2,1H3/t6-,8-,9-,11+/m1/s1. The van der Waals surface area contributed by atoms with Gasteiger partial charge in [0.1, 0.15) is 11.9 Å². The molecule has 0 aromatic heterocycles. The van der Waals surface area contributed by atoms with Crippen molar-refractivity contribution in [1.82, 2.24) is 0 Å². The number of carbonyl (C=O) groups is 2. The molecule has 15 heavy (non-hydrogen) atoms. The fraction of sp³-hybridized carbons (Fsp3) is 0.833. The van der Waals surface area contributed by atoms with Gasteiger partial charge in [-0.05, 0) is 26.2 Å². The van der Waals surface area contributed by atoms with Gasteiger partial charge in [-0.3, -0.25) is 9.59 Å². The minimum Gasteiger partial charge on any atom is -0.362 e. The Hall–Kier alpha value is -0.700. The van der Waals surface area contributed by atoms with Crippen molar-refractivity contribution < 1.29 is 14.3 Å². The Morgan fingerprint density at radius 2 is 2.07 bits per heavy atom. The second-order valence-corrected chi connectivity index (χ2v) is 5.74. The predicted molar refractivity (Wildman–Crippen MR) is 51.2 cm³/mol. The summed E-state index contributed by atoms with van der Waals surface area (Å²) in [4.78, 5) is 24.1. The molecular formula is C12H14O3. The molecule has 2 bridgehead atoms. The molecule has 0 N–H and O–H groups in total. The molecule has 0 aromatic carbocycles. The molecule has 0 aromatic rings. The molecule has 0 unspecified atom stereocenters. The zero-order chi connectivity index (χ0) is 10.4. The Morgan fingerprint density at radius 1 is 1.33 bits per heavy atom. The number of hydrogen-bond acceptors (Lipinski definition) is 3. The molecule has 0 radical (unpaired) electrons. The van der Waals surface area contributed by atoms with Crippen LogP contribution >= 0.6 is 0 Å². The highest BCUT2D eigenvalue weighted by Gasteiger charge is 2.80. The molecule has 4 fully saturated rings. The van der Waals surface area contributed by atoms with Crippen LogP contribution in [0, 0.1) is 17.3 Å². The van der Waals surface area contributed by atoms with E-state index in [9.17, 15) is 9.59 Å². The Bertz CT molecular complexity index is 396. The van der Waals surface area contributed by atoms with Crippen LogP contribution in [-0.4, -0.2) is 23.3 Å². The van der Waals surface area contributed by atoms with Crippen molar-refractivity contribution >= 4 is 11.6 Å². The predicted octanol–water partition coefficient (Wildman–Crippen LogP) is 1.10. The van der Waals surface area contributed by atoms with Crippen LogP contribution in [0.1, 0.15) is 32.6 Å². The maximum atomic E-state index is 12.2. The zero-order valence-corrected chi connectivity index (χ0v) is 8.79. The van der Waals surface area contributed by atoms with Gasteiger partial charge in [-0.1, -0.05) is 0 Å². The van der Waals surface area contributed by atoms with Gasteiger partial charge in [0.15, 0.2) is 5.78 Å². The molecule has 4 atom stereocenters. The Labute approximate surface area is 88.2 Å². The van der Waals surface area contributed by atoms with Crippen LogP contribution in [0.25, 0.3) is 0 Å². The lowest BCUT2D eigenvalue weighted by atomic mass is 9.65. The second kappa shape index (κ2) is 2.05. The first-order valence-corrected chi connectivity index (χ1v) is 5.85. The van der Waals surface area contributed by atoms with Crippen molar-refractivity contribution in [2.75, 3.05) is 0 Å². The van der Waals surface area contributed by atoms with E-state index in [0.29, 0.717) is 18.0 Å². The largest absolute Gasteiger partial charge is 0.362 e. The van der Waals surface area contributed by atoms with Gasteiger partial charge in [0.05, 0.1) is 16.9 Å². The average Bonchev–Trinajstić information content (AvgIpc) is 2.78. The Kier molecular flexibility index (Phi) is 1.16. The van der Waals surface area contributed by atoms with E-state index in [2.05, 4.69) is 0 Å². The van der Waals surface area contributed by atoms with Crippen LogP contribution in [0.5, 0.6) is 0 Å². The first-order valence-electron chi connectivity index (χ1n) is 5.85. The molecule has 2 heterocycles. The number of ketones is 2. The molecule has 2 aliphatic carbocycles. The summed E-state index contributed by atoms with van der Waals surface area (Å²) in [6, 6.07) is 0. The lowest BCUT2D eigenvalue weighted by Crippen LogP contribution is -2.49. The van der Waals surface area contributed by atoms with Crippen LogP contribution in [0.2, 0.25) is 0 Å². The first-order chi connectivity index (χ1) is 7.10. The van der Waals surface area contributed by atoms with E-state index < -0.39 is 5.60 Å². The average molecular weight is 206 g/mol. The summed E-state index contributed by atoms with van der Waals surface area (Å²) in [6.07, 6.45) is 3.17. The number of fused-ring (bicyclic) bond motifs is 6. The third-order valence-electron chi connectivity index (χ3n) is 5.28. The number of carbonyl (C=O) groups excluding carboxylic acids is 2. The van der Waals surface area contributed by atoms with Gasteiger partial charge in [-0.2, -0.15) is 0 Å². The van der Waals surface area contributed by atoms with Crippen LogP contribution in [0.3, 0.4) is 0 Å². The van der Waals surface area contributed by atoms with E-state index in [1.165, 1.54) is 0 Å². The third-order valence-corrected chi connectivity index (χ3v) is 5.28. The zero-order valence-electron chi connectivity index (χ0n) is 8.79. The monoisotopic (exact) mass is 206 g/mol. The maximum absolute atomic E-state index is 12.2. The van der Waals surface area contributed by atoms with Gasteiger partial charge in [0.25, 0.3) is 0 Å². The molecule has 2 aliphatic heterocycles. The molecule has 2 saturated carbocycles. The van der Waals surface area contributed by atoms with Gasteiger partial charge < -0.3 is 4.74 Å². The minimum atomic E-state index is -0.437. The van der Waals surface area contributed by atoms with Crippen LogP contribution in [-0.2, 0) is 14.3 Å². The number of Topliss-reactive ketones (excluding diaryl/α,β-unsaturated/α-hetero) is 2. The summed E-state index contributed by atoms with van der Waals surface area (Å²) in [5.41, 5.74) is -0.689. The lowest BCUT2D eigenvalue weighted by molar-refractivity contribution is -0.131. The van der Waals surface area contributed by atoms with Crippen LogP contribution in [0.4, 0.5) is 0 Å². The van der Waals surface area contributed by atoms with Crippen molar-refractivity contribution in [3.8, 4) is 0 Å². The summed E-state index contributed by atoms with van der Waals surface area (Å²) < 4.78 is 5.92. The van der Waals surface area contributed by atoms with Crippen molar-refractivity contribution in [2.24, 2.45) is 17.3 Å². The Morgan fingerprint density at radius 3 is 2.73 bits per heavy atom. The number of rotatable bonds is 0. The molecule has 80 valence electrons. The van der Waals surface area contributed by atoms with Gasteiger partial charge in [0, 0.05) is 12.3 Å². The molecule has 4 rings (SSSR count). The molecule has 3 heteroatoms. The number of hydrogen-bond donors (Lipinski definition) is 0. The molecule has 4 aliphatic rings. The second-order valence-electron chi connectivity index (χ2n) is 5.74. The summed E-state index contributed by atoms with van der Waals surface area (Å²) in [5, 5.41) is 0. The molecular weight excluding hydrogens is 192 g/mol. The molecule has 1 spiro atoms. The van der Waals surface area contributed by atoms with Gasteiger partial charge >= 0.3 is 0 Å². The SMILES string of the molecule is C[C@@]12O[C@@H](C(=O)C13CC3)[C@@H]1CCC(=O)[C@@H]12. The summed E-state index contributed by atoms with van der Waals surface area (Å²) >= 11 is 0. The molecule has 3 nitrogen and oxygen atoms in total. The maximum Gasteiger partial charge on any atom is 0.170 e. The van der Waals surface area contributed by atoms with Gasteiger partial charge in [0.2, 0.25) is 0 Å². The highest BCUT2D eigenvalue weighted by Crippen LogP contribution is 2.71. The molecule has 2 saturated heterocycles. The van der Waals surface area contributed by atoms with E-state index >= 15 is 0 Å². The summed E-state index contributed by atoms with van der Waals surface area (Å²) in [6.45, 7) is 2.01. The smallest absolute Gasteiger partial charge is 0.170 e. The van der Waals surface area contributed by atoms with Crippen LogP contribution < -0.4 is 0 Å². The molecule has 0 amide bonds. The van der Waals surface area contributed by atoms with E-state index in [1.807, 2.05) is 6.92 Å². The topological polar surface area (TPSA) is 43.4 Å². The van der Waals surface area contributed by atoms with E-state index in [-0.39, 0.29) is 23.4 Å². The van der Waals surface area contributed by atoms with Gasteiger partial charge in [-0.25, -0.2) is 0 Å². The fourth-order valence-corrected chi connectivity index (χ4v) is 4.38. The highest BCUT2D eigenvalue weighted by molar-refractivity contribution is 6.00. The lowest BCUT2D eigenvalue weighted by Gasteiger charge is -2.34.